The Bertz CT molecular complexity index is 896. The van der Waals surface area contributed by atoms with E-state index in [1.54, 1.807) is 24.3 Å². The van der Waals surface area contributed by atoms with Gasteiger partial charge in [0.1, 0.15) is 0 Å². The first-order valence-electron chi connectivity index (χ1n) is 8.93. The predicted octanol–water partition coefficient (Wildman–Crippen LogP) is 3.83. The third-order valence-corrected chi connectivity index (χ3v) is 6.80. The highest BCUT2D eigenvalue weighted by molar-refractivity contribution is 7.88. The number of carbonyl (C=O) groups is 1. The summed E-state index contributed by atoms with van der Waals surface area (Å²) in [6, 6.07) is 14.4. The van der Waals surface area contributed by atoms with Gasteiger partial charge in [-0.3, -0.25) is 4.79 Å². The van der Waals surface area contributed by atoms with Crippen LogP contribution in [0.25, 0.3) is 0 Å². The molecule has 1 aliphatic rings. The van der Waals surface area contributed by atoms with E-state index in [1.807, 2.05) is 31.2 Å². The second kappa shape index (κ2) is 8.42. The Hall–Kier alpha value is -1.89. The van der Waals surface area contributed by atoms with Crippen molar-refractivity contribution in [2.75, 3.05) is 18.4 Å². The molecule has 0 spiro atoms. The molecule has 2 aromatic rings. The summed E-state index contributed by atoms with van der Waals surface area (Å²) >= 11 is 5.86. The molecule has 0 saturated carbocycles. The van der Waals surface area contributed by atoms with Gasteiger partial charge in [0, 0.05) is 23.8 Å². The summed E-state index contributed by atoms with van der Waals surface area (Å²) in [6.07, 6.45) is 1.36. The summed E-state index contributed by atoms with van der Waals surface area (Å²) in [5.41, 5.74) is 2.53. The van der Waals surface area contributed by atoms with Crippen molar-refractivity contribution in [2.24, 2.45) is 5.92 Å². The summed E-state index contributed by atoms with van der Waals surface area (Å²) in [5, 5.41) is 3.46. The molecule has 0 aliphatic carbocycles. The van der Waals surface area contributed by atoms with Gasteiger partial charge in [-0.2, -0.15) is 0 Å². The maximum absolute atomic E-state index is 12.8. The molecule has 1 heterocycles. The summed E-state index contributed by atoms with van der Waals surface area (Å²) in [6.45, 7) is 2.65. The van der Waals surface area contributed by atoms with Gasteiger partial charge in [0.2, 0.25) is 15.9 Å². The van der Waals surface area contributed by atoms with Crippen LogP contribution in [0.5, 0.6) is 0 Å². The van der Waals surface area contributed by atoms with Crippen LogP contribution in [0.4, 0.5) is 5.69 Å². The Kier molecular flexibility index (Phi) is 6.19. The third-order valence-electron chi connectivity index (χ3n) is 4.73. The zero-order chi connectivity index (χ0) is 19.4. The van der Waals surface area contributed by atoms with Crippen molar-refractivity contribution in [1.29, 1.82) is 0 Å². The van der Waals surface area contributed by atoms with Crippen molar-refractivity contribution in [1.82, 2.24) is 4.31 Å². The molecule has 3 rings (SSSR count). The van der Waals surface area contributed by atoms with Crippen molar-refractivity contribution in [2.45, 2.75) is 25.5 Å². The minimum Gasteiger partial charge on any atom is -0.326 e. The average Bonchev–Trinajstić information content (AvgIpc) is 2.65. The van der Waals surface area contributed by atoms with E-state index >= 15 is 0 Å². The van der Waals surface area contributed by atoms with E-state index in [-0.39, 0.29) is 24.1 Å². The van der Waals surface area contributed by atoms with Crippen molar-refractivity contribution in [3.8, 4) is 0 Å². The number of sulfonamides is 1. The molecule has 7 heteroatoms. The molecule has 1 aliphatic heterocycles. The molecule has 2 aromatic carbocycles. The van der Waals surface area contributed by atoms with E-state index in [1.165, 1.54) is 4.31 Å². The van der Waals surface area contributed by atoms with E-state index in [2.05, 4.69) is 5.32 Å². The number of halogens is 1. The Morgan fingerprint density at radius 2 is 1.81 bits per heavy atom. The maximum atomic E-state index is 12.8. The van der Waals surface area contributed by atoms with Gasteiger partial charge in [0.05, 0.1) is 11.7 Å². The molecule has 0 radical (unpaired) electrons. The quantitative estimate of drug-likeness (QED) is 0.820. The lowest BCUT2D eigenvalue weighted by Crippen LogP contribution is -2.44. The van der Waals surface area contributed by atoms with Gasteiger partial charge in [-0.05, 0) is 49.6 Å². The van der Waals surface area contributed by atoms with Gasteiger partial charge in [-0.15, -0.1) is 0 Å². The first-order chi connectivity index (χ1) is 12.8. The van der Waals surface area contributed by atoms with Crippen molar-refractivity contribution in [3.05, 3.63) is 64.7 Å². The number of anilines is 1. The monoisotopic (exact) mass is 406 g/mol. The Morgan fingerprint density at radius 3 is 2.48 bits per heavy atom. The van der Waals surface area contributed by atoms with Crippen molar-refractivity contribution >= 4 is 33.2 Å². The van der Waals surface area contributed by atoms with Crippen LogP contribution in [-0.4, -0.2) is 31.7 Å². The number of nitrogens with zero attached hydrogens (tertiary/aromatic N) is 1. The van der Waals surface area contributed by atoms with Gasteiger partial charge < -0.3 is 5.32 Å². The van der Waals surface area contributed by atoms with Crippen LogP contribution in [0.15, 0.2) is 48.5 Å². The molecule has 1 saturated heterocycles. The van der Waals surface area contributed by atoms with E-state index < -0.39 is 10.0 Å². The zero-order valence-electron chi connectivity index (χ0n) is 15.2. The van der Waals surface area contributed by atoms with Crippen LogP contribution in [0.2, 0.25) is 5.02 Å². The second-order valence-electron chi connectivity index (χ2n) is 6.94. The molecule has 5 nitrogen and oxygen atoms in total. The number of hydrogen-bond donors (Lipinski definition) is 1. The van der Waals surface area contributed by atoms with Crippen LogP contribution >= 0.6 is 11.6 Å². The fourth-order valence-electron chi connectivity index (χ4n) is 3.17. The highest BCUT2D eigenvalue weighted by Gasteiger charge is 2.32. The molecule has 0 bridgehead atoms. The number of hydrogen-bond acceptors (Lipinski definition) is 3. The normalized spacial score (nSPS) is 18.2. The summed E-state index contributed by atoms with van der Waals surface area (Å²) in [5.74, 6) is -0.568. The number of benzene rings is 2. The molecule has 1 atom stereocenters. The fourth-order valence-corrected chi connectivity index (χ4v) is 4.91. The SMILES string of the molecule is Cc1ccc(NC(=O)[C@H]2CCCN(S(=O)(=O)Cc3ccc(Cl)cc3)C2)cc1. The molecule has 0 aromatic heterocycles. The maximum Gasteiger partial charge on any atom is 0.228 e. The van der Waals surface area contributed by atoms with Gasteiger partial charge in [-0.1, -0.05) is 41.4 Å². The zero-order valence-corrected chi connectivity index (χ0v) is 16.8. The molecule has 0 unspecified atom stereocenters. The number of rotatable bonds is 5. The second-order valence-corrected chi connectivity index (χ2v) is 9.34. The van der Waals surface area contributed by atoms with Gasteiger partial charge >= 0.3 is 0 Å². The van der Waals surface area contributed by atoms with E-state index in [4.69, 9.17) is 11.6 Å². The third kappa shape index (κ3) is 5.31. The van der Waals surface area contributed by atoms with Gasteiger partial charge in [-0.25, -0.2) is 12.7 Å². The number of nitrogens with one attached hydrogen (secondary N) is 1. The molecular formula is C20H23ClN2O3S. The van der Waals surface area contributed by atoms with Crippen LogP contribution < -0.4 is 5.32 Å². The largest absolute Gasteiger partial charge is 0.326 e. The molecule has 144 valence electrons. The predicted molar refractivity (Wildman–Crippen MR) is 108 cm³/mol. The van der Waals surface area contributed by atoms with E-state index in [0.29, 0.717) is 30.0 Å². The number of aryl methyl sites for hydroxylation is 1. The molecule has 1 fully saturated rings. The van der Waals surface area contributed by atoms with E-state index in [9.17, 15) is 13.2 Å². The number of piperidine rings is 1. The lowest BCUT2D eigenvalue weighted by Gasteiger charge is -2.31. The molecule has 27 heavy (non-hydrogen) atoms. The molecule has 1 N–H and O–H groups in total. The average molecular weight is 407 g/mol. The summed E-state index contributed by atoms with van der Waals surface area (Å²) < 4.78 is 27.0. The first-order valence-corrected chi connectivity index (χ1v) is 10.9. The van der Waals surface area contributed by atoms with Crippen LogP contribution in [0, 0.1) is 12.8 Å². The minimum absolute atomic E-state index is 0.0868. The van der Waals surface area contributed by atoms with Crippen LogP contribution in [0.1, 0.15) is 24.0 Å². The minimum atomic E-state index is -3.48. The lowest BCUT2D eigenvalue weighted by atomic mass is 9.98. The highest BCUT2D eigenvalue weighted by atomic mass is 35.5. The van der Waals surface area contributed by atoms with Crippen LogP contribution in [0.3, 0.4) is 0 Å². The van der Waals surface area contributed by atoms with Gasteiger partial charge in [0.15, 0.2) is 0 Å². The Morgan fingerprint density at radius 1 is 1.15 bits per heavy atom. The van der Waals surface area contributed by atoms with Crippen molar-refractivity contribution in [3.63, 3.8) is 0 Å². The Labute approximate surface area is 165 Å². The number of carbonyl (C=O) groups excluding carboxylic acids is 1. The standard InChI is InChI=1S/C20H23ClN2O3S/c1-15-4-10-19(11-5-15)22-20(24)17-3-2-12-23(13-17)27(25,26)14-16-6-8-18(21)9-7-16/h4-11,17H,2-3,12-14H2,1H3,(H,22,24)/t17-/m0/s1. The lowest BCUT2D eigenvalue weighted by molar-refractivity contribution is -0.120. The van der Waals surface area contributed by atoms with Gasteiger partial charge in [0.25, 0.3) is 0 Å². The fraction of sp³-hybridized carbons (Fsp3) is 0.350. The Balaban J connectivity index is 1.64. The van der Waals surface area contributed by atoms with Crippen LogP contribution in [-0.2, 0) is 20.6 Å². The van der Waals surface area contributed by atoms with E-state index in [0.717, 1.165) is 11.3 Å². The molecular weight excluding hydrogens is 384 g/mol. The topological polar surface area (TPSA) is 66.5 Å². The summed E-state index contributed by atoms with van der Waals surface area (Å²) in [7, 11) is -3.48. The first kappa shape index (κ1) is 19.9. The summed E-state index contributed by atoms with van der Waals surface area (Å²) in [4.78, 5) is 12.6. The van der Waals surface area contributed by atoms with Crippen molar-refractivity contribution < 1.29 is 13.2 Å². The molecule has 1 amide bonds. The highest BCUT2D eigenvalue weighted by Crippen LogP contribution is 2.23. The number of amides is 1. The smallest absolute Gasteiger partial charge is 0.228 e.